The predicted octanol–water partition coefficient (Wildman–Crippen LogP) is 2.28. The third-order valence-corrected chi connectivity index (χ3v) is 5.68. The van der Waals surface area contributed by atoms with E-state index in [1.807, 2.05) is 0 Å². The zero-order valence-electron chi connectivity index (χ0n) is 13.7. The molecule has 1 atom stereocenters. The molecule has 0 fully saturated rings. The van der Waals surface area contributed by atoms with Gasteiger partial charge in [0.05, 0.1) is 21.9 Å². The second-order valence-corrected chi connectivity index (χ2v) is 8.12. The summed E-state index contributed by atoms with van der Waals surface area (Å²) >= 11 is 3.82. The molecule has 1 aromatic rings. The molecule has 146 valence electrons. The molecule has 11 heteroatoms. The Kier molecular flexibility index (Phi) is 5.60. The fraction of sp³-hybridized carbons (Fsp3) is 0.250. The van der Waals surface area contributed by atoms with E-state index in [-0.39, 0.29) is 12.5 Å². The fourth-order valence-corrected chi connectivity index (χ4v) is 4.07. The smallest absolute Gasteiger partial charge is 0.373 e. The monoisotopic (exact) mass is 421 g/mol. The average molecular weight is 421 g/mol. The van der Waals surface area contributed by atoms with Crippen molar-refractivity contribution >= 4 is 39.8 Å². The molecule has 1 aliphatic heterocycles. The molecule has 0 radical (unpaired) electrons. The van der Waals surface area contributed by atoms with Crippen molar-refractivity contribution < 1.29 is 36.3 Å². The number of anilines is 1. The summed E-state index contributed by atoms with van der Waals surface area (Å²) in [6.07, 6.45) is -2.99. The number of halogens is 3. The second kappa shape index (κ2) is 7.13. The lowest BCUT2D eigenvalue weighted by Gasteiger charge is -2.25. The highest BCUT2D eigenvalue weighted by Gasteiger charge is 2.56. The highest BCUT2D eigenvalue weighted by Crippen LogP contribution is 2.34. The molecule has 1 heterocycles. The molecule has 0 saturated heterocycles. The first-order valence-electron chi connectivity index (χ1n) is 7.33. The Morgan fingerprint density at radius 3 is 2.52 bits per heavy atom. The Labute approximate surface area is 158 Å². The number of allylic oxidation sites excluding steroid dienone is 2. The number of amides is 1. The van der Waals surface area contributed by atoms with E-state index in [4.69, 9.17) is 0 Å². The van der Waals surface area contributed by atoms with E-state index in [2.05, 4.69) is 12.6 Å². The van der Waals surface area contributed by atoms with Crippen molar-refractivity contribution in [2.75, 3.05) is 11.1 Å². The molecular formula is C16H14F3NO5S2. The molecule has 1 amide bonds. The van der Waals surface area contributed by atoms with E-state index >= 15 is 0 Å². The molecule has 0 spiro atoms. The van der Waals surface area contributed by atoms with Crippen LogP contribution < -0.4 is 5.32 Å². The maximum absolute atomic E-state index is 12.8. The first kappa shape index (κ1) is 21.2. The van der Waals surface area contributed by atoms with Crippen molar-refractivity contribution in [1.29, 1.82) is 0 Å². The van der Waals surface area contributed by atoms with Gasteiger partial charge in [0.15, 0.2) is 15.6 Å². The Balaban J connectivity index is 2.59. The number of alkyl halides is 3. The molecule has 0 aliphatic carbocycles. The van der Waals surface area contributed by atoms with Crippen molar-refractivity contribution in [2.24, 2.45) is 0 Å². The van der Waals surface area contributed by atoms with Crippen molar-refractivity contribution in [3.05, 3.63) is 46.9 Å². The van der Waals surface area contributed by atoms with Gasteiger partial charge in [-0.1, -0.05) is 12.1 Å². The SMILES string of the molecule is C[C@](O)(C(=O)Nc1cccc2c1C(=O)C=C(/C=C\S)CS2(=O)=O)C(F)(F)F. The predicted molar refractivity (Wildman–Crippen MR) is 94.3 cm³/mol. The summed E-state index contributed by atoms with van der Waals surface area (Å²) in [5.74, 6) is -3.20. The summed E-state index contributed by atoms with van der Waals surface area (Å²) in [5, 5.41) is 12.5. The van der Waals surface area contributed by atoms with Gasteiger partial charge in [-0.25, -0.2) is 8.42 Å². The number of sulfone groups is 1. The molecule has 27 heavy (non-hydrogen) atoms. The minimum Gasteiger partial charge on any atom is -0.373 e. The molecule has 2 rings (SSSR count). The number of thiol groups is 1. The quantitative estimate of drug-likeness (QED) is 0.651. The number of rotatable bonds is 3. The third-order valence-electron chi connectivity index (χ3n) is 3.81. The van der Waals surface area contributed by atoms with E-state index in [0.29, 0.717) is 0 Å². The molecular weight excluding hydrogens is 407 g/mol. The largest absolute Gasteiger partial charge is 0.426 e. The van der Waals surface area contributed by atoms with Crippen molar-refractivity contribution in [3.63, 3.8) is 0 Å². The van der Waals surface area contributed by atoms with Gasteiger partial charge in [0, 0.05) is 0 Å². The molecule has 0 saturated carbocycles. The number of aliphatic hydroxyl groups is 1. The zero-order chi connectivity index (χ0) is 20.6. The standard InChI is InChI=1S/C16H14F3NO5S2/c1-15(23,16(17,18)19)14(22)20-10-3-2-4-12-13(10)11(21)7-9(5-6-26)8-27(12,24)25/h2-7,23,26H,8H2,1H3,(H,20,22)/b6-5-/t15-/m0/s1. The van der Waals surface area contributed by atoms with Crippen LogP contribution in [0, 0.1) is 0 Å². The van der Waals surface area contributed by atoms with Gasteiger partial charge in [0.1, 0.15) is 0 Å². The van der Waals surface area contributed by atoms with E-state index < -0.39 is 55.2 Å². The summed E-state index contributed by atoms with van der Waals surface area (Å²) in [4.78, 5) is 24.0. The van der Waals surface area contributed by atoms with E-state index in [9.17, 15) is 36.3 Å². The second-order valence-electron chi connectivity index (χ2n) is 5.86. The third kappa shape index (κ3) is 4.09. The van der Waals surface area contributed by atoms with Gasteiger partial charge in [-0.15, -0.1) is 0 Å². The number of fused-ring (bicyclic) bond motifs is 1. The van der Waals surface area contributed by atoms with E-state index in [0.717, 1.165) is 18.2 Å². The van der Waals surface area contributed by atoms with Gasteiger partial charge in [0.2, 0.25) is 5.60 Å². The van der Waals surface area contributed by atoms with E-state index in [1.54, 1.807) is 5.32 Å². The fourth-order valence-electron chi connectivity index (χ4n) is 2.29. The number of ketones is 1. The average Bonchev–Trinajstić information content (AvgIpc) is 2.61. The minimum absolute atomic E-state index is 0.116. The lowest BCUT2D eigenvalue weighted by molar-refractivity contribution is -0.242. The van der Waals surface area contributed by atoms with Gasteiger partial charge in [-0.3, -0.25) is 9.59 Å². The molecule has 0 bridgehead atoms. The summed E-state index contributed by atoms with van der Waals surface area (Å²) in [6, 6.07) is 3.35. The molecule has 0 unspecified atom stereocenters. The normalized spacial score (nSPS) is 19.0. The van der Waals surface area contributed by atoms with Crippen LogP contribution in [0.2, 0.25) is 0 Å². The maximum Gasteiger partial charge on any atom is 0.426 e. The summed E-state index contributed by atoms with van der Waals surface area (Å²) in [7, 11) is -4.02. The van der Waals surface area contributed by atoms with Crippen LogP contribution in [0.4, 0.5) is 18.9 Å². The van der Waals surface area contributed by atoms with Gasteiger partial charge >= 0.3 is 6.18 Å². The van der Waals surface area contributed by atoms with Crippen LogP contribution in [0.25, 0.3) is 0 Å². The molecule has 2 N–H and O–H groups in total. The van der Waals surface area contributed by atoms with Gasteiger partial charge in [0.25, 0.3) is 5.91 Å². The summed E-state index contributed by atoms with van der Waals surface area (Å²) in [6.45, 7) is 0.248. The lowest BCUT2D eigenvalue weighted by Crippen LogP contribution is -2.52. The van der Waals surface area contributed by atoms with Gasteiger partial charge in [-0.05, 0) is 36.1 Å². The molecule has 0 aromatic heterocycles. The molecule has 1 aliphatic rings. The highest BCUT2D eigenvalue weighted by atomic mass is 32.2. The number of hydrogen-bond acceptors (Lipinski definition) is 6. The van der Waals surface area contributed by atoms with E-state index in [1.165, 1.54) is 17.6 Å². The Bertz CT molecular complexity index is 963. The number of carbonyl (C=O) groups excluding carboxylic acids is 2. The number of benzene rings is 1. The molecule has 1 aromatic carbocycles. The van der Waals surface area contributed by atoms with Crippen LogP contribution in [0.1, 0.15) is 17.3 Å². The molecule has 6 nitrogen and oxygen atoms in total. The summed E-state index contributed by atoms with van der Waals surface area (Å²) in [5.41, 5.74) is -4.56. The van der Waals surface area contributed by atoms with Crippen LogP contribution in [0.15, 0.2) is 46.2 Å². The number of hydrogen-bond donors (Lipinski definition) is 3. The Hall–Kier alpha value is -2.11. The van der Waals surface area contributed by atoms with Crippen molar-refractivity contribution in [2.45, 2.75) is 23.6 Å². The zero-order valence-corrected chi connectivity index (χ0v) is 15.5. The Morgan fingerprint density at radius 1 is 1.33 bits per heavy atom. The minimum atomic E-state index is -5.27. The van der Waals surface area contributed by atoms with Crippen LogP contribution in [-0.4, -0.2) is 42.7 Å². The van der Waals surface area contributed by atoms with Crippen molar-refractivity contribution in [1.82, 2.24) is 0 Å². The lowest BCUT2D eigenvalue weighted by atomic mass is 10.0. The first-order valence-corrected chi connectivity index (χ1v) is 9.50. The van der Waals surface area contributed by atoms with Crippen LogP contribution >= 0.6 is 12.6 Å². The topological polar surface area (TPSA) is 101 Å². The Morgan fingerprint density at radius 2 is 1.96 bits per heavy atom. The van der Waals surface area contributed by atoms with Crippen LogP contribution in [0.3, 0.4) is 0 Å². The van der Waals surface area contributed by atoms with Crippen LogP contribution in [-0.2, 0) is 14.6 Å². The van der Waals surface area contributed by atoms with Gasteiger partial charge in [-0.2, -0.15) is 25.8 Å². The number of carbonyl (C=O) groups is 2. The number of nitrogens with one attached hydrogen (secondary N) is 1. The first-order chi connectivity index (χ1) is 12.3. The maximum atomic E-state index is 12.8. The summed E-state index contributed by atoms with van der Waals surface area (Å²) < 4.78 is 63.5. The highest BCUT2D eigenvalue weighted by molar-refractivity contribution is 7.91. The van der Waals surface area contributed by atoms with Crippen LogP contribution in [0.5, 0.6) is 0 Å². The van der Waals surface area contributed by atoms with Gasteiger partial charge < -0.3 is 10.4 Å². The van der Waals surface area contributed by atoms with Crippen molar-refractivity contribution in [3.8, 4) is 0 Å².